The molecule has 1 aliphatic rings. The lowest BCUT2D eigenvalue weighted by atomic mass is 10.1. The van der Waals surface area contributed by atoms with E-state index in [0.717, 1.165) is 11.3 Å². The number of carbonyl (C=O) groups is 1. The summed E-state index contributed by atoms with van der Waals surface area (Å²) in [5.41, 5.74) is 2.45. The van der Waals surface area contributed by atoms with E-state index in [-0.39, 0.29) is 18.4 Å². The fourth-order valence-corrected chi connectivity index (χ4v) is 3.12. The van der Waals surface area contributed by atoms with Crippen LogP contribution in [0.3, 0.4) is 0 Å². The molecule has 2 heterocycles. The Bertz CT molecular complexity index is 998. The first-order chi connectivity index (χ1) is 13.7. The Morgan fingerprint density at radius 3 is 2.75 bits per heavy atom. The molecule has 7 heteroatoms. The Morgan fingerprint density at radius 1 is 1.21 bits per heavy atom. The van der Waals surface area contributed by atoms with E-state index in [9.17, 15) is 4.79 Å². The molecule has 1 aromatic heterocycles. The van der Waals surface area contributed by atoms with Crippen LogP contribution in [0.4, 0.5) is 0 Å². The molecule has 1 saturated heterocycles. The molecule has 144 valence electrons. The van der Waals surface area contributed by atoms with Crippen molar-refractivity contribution in [2.45, 2.75) is 13.0 Å². The number of hydrogen-bond acceptors (Lipinski definition) is 5. The molecule has 0 radical (unpaired) electrons. The zero-order chi connectivity index (χ0) is 19.5. The number of nitrogens with zero attached hydrogens (tertiary/aromatic N) is 2. The van der Waals surface area contributed by atoms with Crippen molar-refractivity contribution < 1.29 is 19.0 Å². The minimum atomic E-state index is -0.478. The van der Waals surface area contributed by atoms with Gasteiger partial charge in [-0.25, -0.2) is 9.48 Å². The van der Waals surface area contributed by atoms with Gasteiger partial charge in [0, 0.05) is 5.56 Å². The lowest BCUT2D eigenvalue weighted by Crippen LogP contribution is -2.38. The third kappa shape index (κ3) is 3.74. The summed E-state index contributed by atoms with van der Waals surface area (Å²) >= 11 is 6.38. The van der Waals surface area contributed by atoms with Crippen LogP contribution in [0.25, 0.3) is 16.9 Å². The fourth-order valence-electron chi connectivity index (χ4n) is 2.90. The number of carbonyl (C=O) groups excluding carboxylic acids is 1. The van der Waals surface area contributed by atoms with Gasteiger partial charge >= 0.3 is 5.97 Å². The van der Waals surface area contributed by atoms with Gasteiger partial charge in [0.25, 0.3) is 0 Å². The van der Waals surface area contributed by atoms with Crippen molar-refractivity contribution in [3.63, 3.8) is 0 Å². The minimum Gasteiger partial charge on any atom is -0.486 e. The average Bonchev–Trinajstić information content (AvgIpc) is 3.11. The van der Waals surface area contributed by atoms with E-state index >= 15 is 0 Å². The van der Waals surface area contributed by atoms with Gasteiger partial charge in [-0.1, -0.05) is 35.9 Å². The molecule has 28 heavy (non-hydrogen) atoms. The topological polar surface area (TPSA) is 62.6 Å². The lowest BCUT2D eigenvalue weighted by Gasteiger charge is -2.26. The summed E-state index contributed by atoms with van der Waals surface area (Å²) in [7, 11) is 0. The molecule has 0 atom stereocenters. The number of hydrogen-bond donors (Lipinski definition) is 0. The highest BCUT2D eigenvalue weighted by Gasteiger charge is 2.22. The van der Waals surface area contributed by atoms with Gasteiger partial charge in [-0.05, 0) is 37.3 Å². The zero-order valence-corrected chi connectivity index (χ0v) is 16.1. The number of benzene rings is 2. The monoisotopic (exact) mass is 398 g/mol. The molecule has 3 aromatic rings. The van der Waals surface area contributed by atoms with Crippen molar-refractivity contribution in [2.24, 2.45) is 0 Å². The normalized spacial score (nSPS) is 13.8. The van der Waals surface area contributed by atoms with Gasteiger partial charge in [-0.3, -0.25) is 0 Å². The quantitative estimate of drug-likeness (QED) is 0.584. The number of para-hydroxylation sites is 1. The number of esters is 1. The summed E-state index contributed by atoms with van der Waals surface area (Å²) < 4.78 is 17.8. The lowest BCUT2D eigenvalue weighted by molar-refractivity contribution is -0.0796. The molecule has 0 bridgehead atoms. The summed E-state index contributed by atoms with van der Waals surface area (Å²) in [6.45, 7) is 3.22. The van der Waals surface area contributed by atoms with Crippen molar-refractivity contribution in [2.75, 3.05) is 19.8 Å². The Kier molecular flexibility index (Phi) is 5.32. The molecule has 0 spiro atoms. The molecule has 0 saturated carbocycles. The van der Waals surface area contributed by atoms with Crippen LogP contribution in [0.15, 0.2) is 54.6 Å². The molecule has 0 aliphatic carbocycles. The highest BCUT2D eigenvalue weighted by molar-refractivity contribution is 6.32. The molecule has 1 aliphatic heterocycles. The fraction of sp³-hybridized carbons (Fsp3) is 0.238. The van der Waals surface area contributed by atoms with Crippen molar-refractivity contribution in [3.8, 4) is 22.7 Å². The SMILES string of the molecule is CCOC(=O)c1cc(-c2cccc(OC3COC3)c2)n(-c2ccccc2Cl)n1. The number of rotatable bonds is 6. The second-order valence-corrected chi connectivity index (χ2v) is 6.71. The van der Waals surface area contributed by atoms with Gasteiger partial charge in [-0.2, -0.15) is 5.10 Å². The maximum atomic E-state index is 12.2. The van der Waals surface area contributed by atoms with Crippen molar-refractivity contribution in [1.29, 1.82) is 0 Å². The summed E-state index contributed by atoms with van der Waals surface area (Å²) in [4.78, 5) is 12.2. The van der Waals surface area contributed by atoms with E-state index in [1.54, 1.807) is 23.7 Å². The summed E-state index contributed by atoms with van der Waals surface area (Å²) in [6, 6.07) is 16.7. The van der Waals surface area contributed by atoms with Crippen LogP contribution < -0.4 is 4.74 Å². The van der Waals surface area contributed by atoms with Crippen LogP contribution in [0.2, 0.25) is 5.02 Å². The standard InChI is InChI=1S/C21H19ClN2O4/c1-2-27-21(25)18-11-20(24(23-18)19-9-4-3-8-17(19)22)14-6-5-7-15(10-14)28-16-12-26-13-16/h3-11,16H,2,12-13H2,1H3. The van der Waals surface area contributed by atoms with Crippen LogP contribution in [-0.2, 0) is 9.47 Å². The average molecular weight is 399 g/mol. The maximum absolute atomic E-state index is 12.2. The van der Waals surface area contributed by atoms with E-state index in [0.29, 0.717) is 29.6 Å². The Labute approximate surface area is 167 Å². The third-order valence-electron chi connectivity index (χ3n) is 4.31. The first kappa shape index (κ1) is 18.5. The molecular weight excluding hydrogens is 380 g/mol. The van der Waals surface area contributed by atoms with Crippen LogP contribution in [0.5, 0.6) is 5.75 Å². The Morgan fingerprint density at radius 2 is 2.04 bits per heavy atom. The third-order valence-corrected chi connectivity index (χ3v) is 4.63. The van der Waals surface area contributed by atoms with Crippen molar-refractivity contribution in [3.05, 3.63) is 65.3 Å². The summed E-state index contributed by atoms with van der Waals surface area (Å²) in [6.07, 6.45) is 0.0684. The van der Waals surface area contributed by atoms with Crippen LogP contribution >= 0.6 is 11.6 Å². The van der Waals surface area contributed by atoms with Gasteiger partial charge in [0.05, 0.1) is 36.2 Å². The van der Waals surface area contributed by atoms with E-state index in [2.05, 4.69) is 5.10 Å². The van der Waals surface area contributed by atoms with E-state index in [1.165, 1.54) is 0 Å². The molecule has 4 rings (SSSR count). The number of ether oxygens (including phenoxy) is 3. The molecule has 0 unspecified atom stereocenters. The van der Waals surface area contributed by atoms with Crippen molar-refractivity contribution >= 4 is 17.6 Å². The van der Waals surface area contributed by atoms with Crippen LogP contribution in [0.1, 0.15) is 17.4 Å². The van der Waals surface area contributed by atoms with Gasteiger partial charge in [0.15, 0.2) is 5.69 Å². The number of aromatic nitrogens is 2. The van der Waals surface area contributed by atoms with Crippen LogP contribution in [0, 0.1) is 0 Å². The highest BCUT2D eigenvalue weighted by Crippen LogP contribution is 2.30. The summed E-state index contributed by atoms with van der Waals surface area (Å²) in [5.74, 6) is 0.254. The minimum absolute atomic E-state index is 0.0684. The van der Waals surface area contributed by atoms with Crippen molar-refractivity contribution in [1.82, 2.24) is 9.78 Å². The predicted octanol–water partition coefficient (Wildman–Crippen LogP) is 4.15. The van der Waals surface area contributed by atoms with Gasteiger partial charge in [-0.15, -0.1) is 0 Å². The first-order valence-corrected chi connectivity index (χ1v) is 9.40. The smallest absolute Gasteiger partial charge is 0.358 e. The zero-order valence-electron chi connectivity index (χ0n) is 15.3. The molecule has 6 nitrogen and oxygen atoms in total. The van der Waals surface area contributed by atoms with E-state index in [1.807, 2.05) is 42.5 Å². The first-order valence-electron chi connectivity index (χ1n) is 9.02. The molecule has 0 N–H and O–H groups in total. The van der Waals surface area contributed by atoms with E-state index in [4.69, 9.17) is 25.8 Å². The Balaban J connectivity index is 1.77. The van der Waals surface area contributed by atoms with Gasteiger partial charge < -0.3 is 14.2 Å². The largest absolute Gasteiger partial charge is 0.486 e. The predicted molar refractivity (Wildman–Crippen MR) is 105 cm³/mol. The molecular formula is C21H19ClN2O4. The second-order valence-electron chi connectivity index (χ2n) is 6.30. The highest BCUT2D eigenvalue weighted by atomic mass is 35.5. The molecule has 2 aromatic carbocycles. The van der Waals surface area contributed by atoms with E-state index < -0.39 is 5.97 Å². The van der Waals surface area contributed by atoms with Gasteiger partial charge in [0.1, 0.15) is 11.9 Å². The molecule has 0 amide bonds. The number of halogens is 1. The van der Waals surface area contributed by atoms with Gasteiger partial charge in [0.2, 0.25) is 0 Å². The molecule has 1 fully saturated rings. The van der Waals surface area contributed by atoms with Crippen LogP contribution in [-0.4, -0.2) is 41.7 Å². The summed E-state index contributed by atoms with van der Waals surface area (Å²) in [5, 5.41) is 4.98. The Hall–Kier alpha value is -2.83. The second kappa shape index (κ2) is 8.04. The maximum Gasteiger partial charge on any atom is 0.358 e.